The van der Waals surface area contributed by atoms with Crippen LogP contribution in [0.15, 0.2) is 28.9 Å². The molecular formula is C14H12BrN3. The second kappa shape index (κ2) is 3.79. The normalized spacial score (nSPS) is 16.3. The molecule has 0 radical (unpaired) electrons. The number of fused-ring (bicyclic) bond motifs is 3. The van der Waals surface area contributed by atoms with E-state index in [-0.39, 0.29) is 0 Å². The Labute approximate surface area is 114 Å². The highest BCUT2D eigenvalue weighted by Gasteiger charge is 2.24. The summed E-state index contributed by atoms with van der Waals surface area (Å²) in [6.07, 6.45) is 5.38. The number of hydrogen-bond donors (Lipinski definition) is 1. The first-order valence-corrected chi connectivity index (χ1v) is 7.00. The molecule has 1 saturated carbocycles. The van der Waals surface area contributed by atoms with Crippen LogP contribution in [0.25, 0.3) is 11.3 Å². The quantitative estimate of drug-likeness (QED) is 0.788. The van der Waals surface area contributed by atoms with Crippen molar-refractivity contribution in [3.05, 3.63) is 40.0 Å². The molecule has 2 aliphatic carbocycles. The van der Waals surface area contributed by atoms with Crippen LogP contribution in [-0.2, 0) is 6.42 Å². The summed E-state index contributed by atoms with van der Waals surface area (Å²) in [6, 6.07) is 6.97. The van der Waals surface area contributed by atoms with Gasteiger partial charge in [-0.15, -0.1) is 0 Å². The number of aromatic nitrogens is 2. The van der Waals surface area contributed by atoms with Gasteiger partial charge >= 0.3 is 0 Å². The third-order valence-corrected chi connectivity index (χ3v) is 3.97. The van der Waals surface area contributed by atoms with E-state index in [0.29, 0.717) is 6.04 Å². The lowest BCUT2D eigenvalue weighted by molar-refractivity contribution is 1.04. The molecule has 1 fully saturated rings. The van der Waals surface area contributed by atoms with Crippen LogP contribution in [0.4, 0.5) is 5.95 Å². The Bertz CT molecular complexity index is 635. The maximum Gasteiger partial charge on any atom is 0.223 e. The first-order valence-electron chi connectivity index (χ1n) is 6.21. The number of anilines is 1. The SMILES string of the molecule is Brc1ccc2c(c1)Cc1cnc(NC3CC3)nc1-2. The number of nitrogens with one attached hydrogen (secondary N) is 1. The Morgan fingerprint density at radius 1 is 1.22 bits per heavy atom. The van der Waals surface area contributed by atoms with Crippen LogP contribution in [0.2, 0.25) is 0 Å². The van der Waals surface area contributed by atoms with Gasteiger partial charge in [0.25, 0.3) is 0 Å². The summed E-state index contributed by atoms with van der Waals surface area (Å²) in [5.41, 5.74) is 4.90. The third kappa shape index (κ3) is 1.72. The van der Waals surface area contributed by atoms with Gasteiger partial charge in [-0.3, -0.25) is 0 Å². The molecule has 1 aromatic heterocycles. The zero-order valence-electron chi connectivity index (χ0n) is 9.78. The maximum atomic E-state index is 4.67. The Hall–Kier alpha value is -1.42. The summed E-state index contributed by atoms with van der Waals surface area (Å²) in [5, 5.41) is 3.36. The molecule has 4 heteroatoms. The van der Waals surface area contributed by atoms with E-state index in [1.54, 1.807) is 0 Å². The van der Waals surface area contributed by atoms with Crippen LogP contribution >= 0.6 is 15.9 Å². The first kappa shape index (κ1) is 10.5. The second-order valence-corrected chi connectivity index (χ2v) is 5.88. The molecule has 2 aromatic rings. The van der Waals surface area contributed by atoms with Gasteiger partial charge in [-0.05, 0) is 30.5 Å². The molecule has 1 aromatic carbocycles. The monoisotopic (exact) mass is 301 g/mol. The van der Waals surface area contributed by atoms with Gasteiger partial charge in [0.1, 0.15) is 0 Å². The third-order valence-electron chi connectivity index (χ3n) is 3.48. The summed E-state index contributed by atoms with van der Waals surface area (Å²) >= 11 is 3.52. The molecule has 1 N–H and O–H groups in total. The van der Waals surface area contributed by atoms with Crippen molar-refractivity contribution < 1.29 is 0 Å². The van der Waals surface area contributed by atoms with Crippen molar-refractivity contribution in [3.8, 4) is 11.3 Å². The molecule has 1 heterocycles. The fraction of sp³-hybridized carbons (Fsp3) is 0.286. The van der Waals surface area contributed by atoms with Crippen LogP contribution in [0.5, 0.6) is 0 Å². The fourth-order valence-electron chi connectivity index (χ4n) is 2.39. The highest BCUT2D eigenvalue weighted by atomic mass is 79.9. The Morgan fingerprint density at radius 3 is 2.94 bits per heavy atom. The molecule has 0 amide bonds. The Kier molecular flexibility index (Phi) is 2.21. The zero-order valence-corrected chi connectivity index (χ0v) is 11.4. The number of benzene rings is 1. The van der Waals surface area contributed by atoms with Gasteiger partial charge in [-0.2, -0.15) is 0 Å². The number of halogens is 1. The largest absolute Gasteiger partial charge is 0.351 e. The van der Waals surface area contributed by atoms with Crippen molar-refractivity contribution in [2.24, 2.45) is 0 Å². The molecule has 0 saturated heterocycles. The van der Waals surface area contributed by atoms with Gasteiger partial charge in [-0.1, -0.05) is 22.0 Å². The number of hydrogen-bond acceptors (Lipinski definition) is 3. The average molecular weight is 302 g/mol. The van der Waals surface area contributed by atoms with E-state index in [0.717, 1.165) is 22.5 Å². The molecule has 0 atom stereocenters. The van der Waals surface area contributed by atoms with Gasteiger partial charge < -0.3 is 5.32 Å². The highest BCUT2D eigenvalue weighted by molar-refractivity contribution is 9.10. The standard InChI is InChI=1S/C14H12BrN3/c15-10-1-4-12-8(6-10)5-9-7-16-14(18-13(9)12)17-11-2-3-11/h1,4,6-7,11H,2-3,5H2,(H,16,17,18). The van der Waals surface area contributed by atoms with E-state index < -0.39 is 0 Å². The fourth-order valence-corrected chi connectivity index (χ4v) is 2.80. The lowest BCUT2D eigenvalue weighted by Gasteiger charge is -2.05. The van der Waals surface area contributed by atoms with E-state index in [1.807, 2.05) is 6.20 Å². The molecule has 90 valence electrons. The number of nitrogens with zero attached hydrogens (tertiary/aromatic N) is 2. The van der Waals surface area contributed by atoms with Crippen LogP contribution in [0.1, 0.15) is 24.0 Å². The predicted molar refractivity (Wildman–Crippen MR) is 74.6 cm³/mol. The van der Waals surface area contributed by atoms with Gasteiger partial charge in [0.2, 0.25) is 5.95 Å². The molecule has 0 bridgehead atoms. The van der Waals surface area contributed by atoms with Crippen LogP contribution < -0.4 is 5.32 Å². The van der Waals surface area contributed by atoms with Crippen LogP contribution in [-0.4, -0.2) is 16.0 Å². The summed E-state index contributed by atoms with van der Waals surface area (Å²) in [4.78, 5) is 9.07. The van der Waals surface area contributed by atoms with Gasteiger partial charge in [-0.25, -0.2) is 9.97 Å². The topological polar surface area (TPSA) is 37.8 Å². The number of rotatable bonds is 2. The lowest BCUT2D eigenvalue weighted by atomic mass is 10.1. The minimum absolute atomic E-state index is 0.592. The summed E-state index contributed by atoms with van der Waals surface area (Å²) < 4.78 is 1.12. The molecule has 0 aliphatic heterocycles. The van der Waals surface area contributed by atoms with Crippen LogP contribution in [0, 0.1) is 0 Å². The van der Waals surface area contributed by atoms with E-state index >= 15 is 0 Å². The van der Waals surface area contributed by atoms with E-state index in [2.05, 4.69) is 49.4 Å². The minimum atomic E-state index is 0.592. The predicted octanol–water partition coefficient (Wildman–Crippen LogP) is 3.38. The molecule has 0 spiro atoms. The lowest BCUT2D eigenvalue weighted by Crippen LogP contribution is -2.05. The van der Waals surface area contributed by atoms with Gasteiger partial charge in [0.15, 0.2) is 0 Å². The first-order chi connectivity index (χ1) is 8.79. The van der Waals surface area contributed by atoms with Crippen molar-refractivity contribution in [3.63, 3.8) is 0 Å². The van der Waals surface area contributed by atoms with Gasteiger partial charge in [0.05, 0.1) is 5.69 Å². The minimum Gasteiger partial charge on any atom is -0.351 e. The van der Waals surface area contributed by atoms with Crippen molar-refractivity contribution in [1.29, 1.82) is 0 Å². The summed E-state index contributed by atoms with van der Waals surface area (Å²) in [6.45, 7) is 0. The molecule has 0 unspecified atom stereocenters. The second-order valence-electron chi connectivity index (χ2n) is 4.96. The Balaban J connectivity index is 1.77. The van der Waals surface area contributed by atoms with Crippen molar-refractivity contribution in [2.75, 3.05) is 5.32 Å². The van der Waals surface area contributed by atoms with Gasteiger partial charge in [0, 0.05) is 34.3 Å². The van der Waals surface area contributed by atoms with E-state index in [9.17, 15) is 0 Å². The van der Waals surface area contributed by atoms with E-state index in [1.165, 1.54) is 29.5 Å². The van der Waals surface area contributed by atoms with Crippen molar-refractivity contribution in [1.82, 2.24) is 9.97 Å². The molecule has 18 heavy (non-hydrogen) atoms. The van der Waals surface area contributed by atoms with E-state index in [4.69, 9.17) is 0 Å². The summed E-state index contributed by atoms with van der Waals surface area (Å²) in [7, 11) is 0. The van der Waals surface area contributed by atoms with Crippen LogP contribution in [0.3, 0.4) is 0 Å². The summed E-state index contributed by atoms with van der Waals surface area (Å²) in [5.74, 6) is 0.770. The molecule has 3 nitrogen and oxygen atoms in total. The zero-order chi connectivity index (χ0) is 12.1. The molecular weight excluding hydrogens is 290 g/mol. The molecule has 2 aliphatic rings. The van der Waals surface area contributed by atoms with Crippen molar-refractivity contribution >= 4 is 21.9 Å². The molecule has 4 rings (SSSR count). The highest BCUT2D eigenvalue weighted by Crippen LogP contribution is 2.37. The smallest absolute Gasteiger partial charge is 0.223 e. The van der Waals surface area contributed by atoms with Crippen molar-refractivity contribution in [2.45, 2.75) is 25.3 Å². The average Bonchev–Trinajstić information content (AvgIpc) is 3.09. The Morgan fingerprint density at radius 2 is 2.11 bits per heavy atom. The maximum absolute atomic E-state index is 4.67.